The van der Waals surface area contributed by atoms with Gasteiger partial charge in [0.1, 0.15) is 23.9 Å². The zero-order valence-corrected chi connectivity index (χ0v) is 48.8. The van der Waals surface area contributed by atoms with Gasteiger partial charge in [0.2, 0.25) is 35.4 Å². The van der Waals surface area contributed by atoms with Gasteiger partial charge in [0.05, 0.1) is 33.4 Å². The molecule has 3 atom stereocenters. The summed E-state index contributed by atoms with van der Waals surface area (Å²) in [4.78, 5) is 148. The van der Waals surface area contributed by atoms with Crippen LogP contribution in [0, 0.1) is 5.82 Å². The largest absolute Gasteiger partial charge is 0.385 e. The van der Waals surface area contributed by atoms with Crippen molar-refractivity contribution in [3.05, 3.63) is 93.8 Å². The van der Waals surface area contributed by atoms with E-state index in [-0.39, 0.29) is 61.5 Å². The molecule has 3 unspecified atom stereocenters. The van der Waals surface area contributed by atoms with Crippen LogP contribution in [0.5, 0.6) is 0 Å². The van der Waals surface area contributed by atoms with Crippen LogP contribution in [-0.2, 0) is 28.8 Å². The van der Waals surface area contributed by atoms with Gasteiger partial charge in [0.25, 0.3) is 35.4 Å². The van der Waals surface area contributed by atoms with Crippen molar-refractivity contribution in [3.8, 4) is 0 Å². The van der Waals surface area contributed by atoms with Crippen molar-refractivity contribution in [1.82, 2.24) is 30.7 Å². The van der Waals surface area contributed by atoms with Gasteiger partial charge < -0.3 is 22.1 Å². The number of piperidine rings is 3. The van der Waals surface area contributed by atoms with Crippen molar-refractivity contribution >= 4 is 82.3 Å². The van der Waals surface area contributed by atoms with E-state index in [1.807, 2.05) is 0 Å². The van der Waals surface area contributed by atoms with E-state index in [0.29, 0.717) is 22.3 Å². The number of nitrogens with two attached hydrogens (primary N) is 2. The lowest BCUT2D eigenvalue weighted by molar-refractivity contribution is -0.137. The molecule has 3 aromatic rings. The summed E-state index contributed by atoms with van der Waals surface area (Å²) in [5.41, 5.74) is 13.6. The van der Waals surface area contributed by atoms with Crippen molar-refractivity contribution in [2.45, 2.75) is 180 Å². The lowest BCUT2D eigenvalue weighted by atomic mass is 10.0. The molecule has 6 aliphatic rings. The molecule has 3 aromatic carbocycles. The van der Waals surface area contributed by atoms with Crippen LogP contribution in [0.2, 0.25) is 0 Å². The first-order valence-corrected chi connectivity index (χ1v) is 30.1. The summed E-state index contributed by atoms with van der Waals surface area (Å²) in [5, 5.41) is 13.1. The zero-order valence-electron chi connectivity index (χ0n) is 48.8. The number of amides is 12. The van der Waals surface area contributed by atoms with Crippen LogP contribution in [0.1, 0.15) is 224 Å². The van der Waals surface area contributed by atoms with E-state index in [9.17, 15) is 61.9 Å². The fraction of sp³-hybridized carbons (Fsp3) is 0.516. The molecule has 0 aromatic heterocycles. The van der Waals surface area contributed by atoms with E-state index in [0.717, 1.165) is 103 Å². The molecule has 458 valence electrons. The van der Waals surface area contributed by atoms with Crippen LogP contribution >= 0.6 is 0 Å². The summed E-state index contributed by atoms with van der Waals surface area (Å²) in [5.74, 6) is -6.97. The van der Waals surface area contributed by atoms with Crippen molar-refractivity contribution in [2.75, 3.05) is 36.8 Å². The maximum absolute atomic E-state index is 13.2. The average molecular weight is 1180 g/mol. The first-order valence-electron chi connectivity index (χ1n) is 30.1. The Balaban J connectivity index is 0.000000192. The number of fused-ring (bicyclic) bond motifs is 3. The number of hydrogen-bond acceptors (Lipinski definition) is 16. The third kappa shape index (κ3) is 17.5. The lowest BCUT2D eigenvalue weighted by Crippen LogP contribution is -2.54. The van der Waals surface area contributed by atoms with Crippen molar-refractivity contribution < 1.29 is 61.9 Å². The Hall–Kier alpha value is -8.05. The summed E-state index contributed by atoms with van der Waals surface area (Å²) in [7, 11) is 0. The molecule has 85 heavy (non-hydrogen) atoms. The molecule has 0 radical (unpaired) electrons. The highest BCUT2D eigenvalue weighted by Crippen LogP contribution is 2.32. The summed E-state index contributed by atoms with van der Waals surface area (Å²) >= 11 is 0. The second-order valence-corrected chi connectivity index (χ2v) is 21.8. The fourth-order valence-electron chi connectivity index (χ4n) is 10.7. The molecule has 0 bridgehead atoms. The van der Waals surface area contributed by atoms with Crippen LogP contribution in [0.3, 0.4) is 0 Å². The molecule has 0 aliphatic carbocycles. The highest BCUT2D eigenvalue weighted by Gasteiger charge is 2.47. The number of hydrogen-bond donors (Lipinski definition) is 7. The summed E-state index contributed by atoms with van der Waals surface area (Å²) in [6, 6.07) is 10.5. The Morgan fingerprint density at radius 3 is 1.02 bits per heavy atom. The second kappa shape index (κ2) is 32.9. The van der Waals surface area contributed by atoms with E-state index < -0.39 is 83.0 Å². The number of nitrogens with one attached hydrogen (secondary N) is 5. The fourth-order valence-corrected chi connectivity index (χ4v) is 10.7. The van der Waals surface area contributed by atoms with E-state index in [2.05, 4.69) is 40.4 Å². The Labute approximate surface area is 494 Å². The third-order valence-corrected chi connectivity index (χ3v) is 15.4. The SMILES string of the molecule is CCCCCCCCN.CCCCCCCCNc1ccc2c(c1)C(=O)N(C1CCC(=O)NC1=O)C2=O.NCCCCCCCNc1ccc2c(c1)C(=O)N(C1CCC(=O)NC1=O)C2=O.O=C1CCC(N2C(=O)c3ccc(F)cc3C2=O)C(=O)N1. The molecular weight excluding hydrogens is 1100 g/mol. The molecule has 9 N–H and O–H groups in total. The van der Waals surface area contributed by atoms with Gasteiger partial charge in [-0.1, -0.05) is 97.3 Å². The molecule has 0 spiro atoms. The van der Waals surface area contributed by atoms with Gasteiger partial charge in [-0.05, 0) is 113 Å². The van der Waals surface area contributed by atoms with Gasteiger partial charge in [-0.2, -0.15) is 0 Å². The van der Waals surface area contributed by atoms with Gasteiger partial charge in [-0.3, -0.25) is 88.2 Å². The number of benzene rings is 3. The number of carbonyl (C=O) groups is 12. The normalized spacial score (nSPS) is 18.8. The van der Waals surface area contributed by atoms with Gasteiger partial charge in [0.15, 0.2) is 0 Å². The van der Waals surface area contributed by atoms with E-state index in [4.69, 9.17) is 11.5 Å². The van der Waals surface area contributed by atoms with E-state index >= 15 is 0 Å². The Morgan fingerprint density at radius 2 is 0.694 bits per heavy atom. The number of halogens is 1. The first kappa shape index (κ1) is 66.1. The van der Waals surface area contributed by atoms with E-state index in [1.165, 1.54) is 76.7 Å². The van der Waals surface area contributed by atoms with Crippen molar-refractivity contribution in [1.29, 1.82) is 0 Å². The Kier molecular flexibility index (Phi) is 25.5. The second-order valence-electron chi connectivity index (χ2n) is 21.8. The topological polar surface area (TPSA) is 327 Å². The number of rotatable bonds is 25. The predicted molar refractivity (Wildman–Crippen MR) is 314 cm³/mol. The molecule has 3 fully saturated rings. The average Bonchev–Trinajstić information content (AvgIpc) is 2.42. The summed E-state index contributed by atoms with van der Waals surface area (Å²) < 4.78 is 13.2. The monoisotopic (exact) mass is 1180 g/mol. The van der Waals surface area contributed by atoms with Crippen LogP contribution in [0.4, 0.5) is 15.8 Å². The van der Waals surface area contributed by atoms with Gasteiger partial charge >= 0.3 is 0 Å². The molecule has 23 heteroatoms. The number of carbonyl (C=O) groups excluding carboxylic acids is 12. The smallest absolute Gasteiger partial charge is 0.262 e. The molecule has 9 rings (SSSR count). The Morgan fingerprint density at radius 1 is 0.400 bits per heavy atom. The maximum atomic E-state index is 13.2. The maximum Gasteiger partial charge on any atom is 0.262 e. The number of anilines is 2. The minimum atomic E-state index is -1.02. The molecule has 6 aliphatic heterocycles. The summed E-state index contributed by atoms with van der Waals surface area (Å²) in [6.07, 6.45) is 21.4. The molecule has 3 saturated heterocycles. The minimum absolute atomic E-state index is 0.0537. The molecular formula is C62H81FN10O12. The van der Waals surface area contributed by atoms with Crippen LogP contribution in [-0.4, -0.2) is 130 Å². The van der Waals surface area contributed by atoms with Gasteiger partial charge in [-0.15, -0.1) is 0 Å². The van der Waals surface area contributed by atoms with Crippen LogP contribution in [0.15, 0.2) is 54.6 Å². The van der Waals surface area contributed by atoms with Crippen LogP contribution < -0.4 is 38.1 Å². The Bertz CT molecular complexity index is 2850. The lowest BCUT2D eigenvalue weighted by Gasteiger charge is -2.27. The predicted octanol–water partition coefficient (Wildman–Crippen LogP) is 6.80. The summed E-state index contributed by atoms with van der Waals surface area (Å²) in [6.45, 7) is 7.62. The quantitative estimate of drug-likeness (QED) is 0.0339. The minimum Gasteiger partial charge on any atom is -0.385 e. The zero-order chi connectivity index (χ0) is 61.6. The first-order chi connectivity index (χ1) is 40.9. The molecule has 12 amide bonds. The van der Waals surface area contributed by atoms with Gasteiger partial charge in [-0.25, -0.2) is 4.39 Å². The highest BCUT2D eigenvalue weighted by molar-refractivity contribution is 6.25. The van der Waals surface area contributed by atoms with Crippen molar-refractivity contribution in [3.63, 3.8) is 0 Å². The standard InChI is InChI=1S/C21H27N3O4.C20H26N4O4.C13H9FN2O4.C8H19N/c1-2-3-4-5-6-7-12-22-14-8-9-15-16(13-14)21(28)24(20(15)27)17-10-11-18(25)23-19(17)26;21-10-4-2-1-3-5-11-22-13-6-7-14-15(12-13)20(28)24(19(14)27)16-8-9-17(25)23-18(16)26;14-6-1-2-7-8(5-6)13(20)16(12(7)19)9-3-4-10(17)15-11(9)18;1-2-3-4-5-6-7-8-9/h8-9,13,17,22H,2-7,10-12H2,1H3,(H,23,25,26);6-7,12,16,22H,1-5,8-11,21H2,(H,23,25,26);1-2,5,9H,3-4H2,(H,15,17,18);2-9H2,1H3. The molecule has 22 nitrogen and oxygen atoms in total. The number of imide groups is 6. The molecule has 0 saturated carbocycles. The number of unbranched alkanes of at least 4 members (excludes halogenated alkanes) is 14. The van der Waals surface area contributed by atoms with Gasteiger partial charge in [0, 0.05) is 43.7 Å². The van der Waals surface area contributed by atoms with Crippen molar-refractivity contribution in [2.24, 2.45) is 11.5 Å². The molecule has 6 heterocycles. The van der Waals surface area contributed by atoms with E-state index in [1.54, 1.807) is 36.4 Å². The van der Waals surface area contributed by atoms with Crippen LogP contribution in [0.25, 0.3) is 0 Å². The number of nitrogens with zero attached hydrogens (tertiary/aromatic N) is 3. The highest BCUT2D eigenvalue weighted by atomic mass is 19.1. The third-order valence-electron chi connectivity index (χ3n) is 15.4.